The smallest absolute Gasteiger partial charge is 0.110 e. The van der Waals surface area contributed by atoms with E-state index >= 15 is 0 Å². The third-order valence-electron chi connectivity index (χ3n) is 3.25. The molecule has 1 atom stereocenters. The lowest BCUT2D eigenvalue weighted by molar-refractivity contribution is 0.271. The van der Waals surface area contributed by atoms with Crippen LogP contribution in [0.4, 0.5) is 0 Å². The van der Waals surface area contributed by atoms with Crippen molar-refractivity contribution < 1.29 is 0 Å². The van der Waals surface area contributed by atoms with Crippen LogP contribution in [0.5, 0.6) is 0 Å². The molecular weight excluding hydrogens is 264 g/mol. The van der Waals surface area contributed by atoms with Crippen molar-refractivity contribution in [2.75, 3.05) is 0 Å². The van der Waals surface area contributed by atoms with Crippen LogP contribution in [-0.4, -0.2) is 0 Å². The molecule has 104 valence electrons. The van der Waals surface area contributed by atoms with E-state index in [2.05, 4.69) is 56.4 Å². The van der Waals surface area contributed by atoms with Gasteiger partial charge in [-0.2, -0.15) is 5.26 Å². The van der Waals surface area contributed by atoms with Crippen molar-refractivity contribution in [3.63, 3.8) is 0 Å². The molecule has 1 aromatic heterocycles. The standard InChI is InChI=1S/C17H20N2S/c1-17(2,3)16(13-7-5-4-6-8-13)19-12-15-10-9-14(11-18)20-15/h4-10,16,19H,12H2,1-3H3. The molecule has 0 saturated heterocycles. The number of rotatable bonds is 4. The summed E-state index contributed by atoms with van der Waals surface area (Å²) in [5.74, 6) is 0. The van der Waals surface area contributed by atoms with Crippen LogP contribution in [-0.2, 0) is 6.54 Å². The molecule has 0 saturated carbocycles. The van der Waals surface area contributed by atoms with Gasteiger partial charge in [-0.15, -0.1) is 11.3 Å². The van der Waals surface area contributed by atoms with E-state index in [1.807, 2.05) is 18.2 Å². The third kappa shape index (κ3) is 3.69. The first-order chi connectivity index (χ1) is 9.50. The first-order valence-corrected chi connectivity index (χ1v) is 7.59. The maximum Gasteiger partial charge on any atom is 0.110 e. The maximum atomic E-state index is 8.88. The highest BCUT2D eigenvalue weighted by atomic mass is 32.1. The van der Waals surface area contributed by atoms with Gasteiger partial charge in [0.2, 0.25) is 0 Å². The summed E-state index contributed by atoms with van der Waals surface area (Å²) in [6, 6.07) is 16.9. The van der Waals surface area contributed by atoms with Gasteiger partial charge in [0.1, 0.15) is 10.9 Å². The number of nitriles is 1. The Morgan fingerprint density at radius 1 is 1.15 bits per heavy atom. The van der Waals surface area contributed by atoms with Crippen LogP contribution in [0.2, 0.25) is 0 Å². The lowest BCUT2D eigenvalue weighted by Crippen LogP contribution is -2.31. The number of hydrogen-bond donors (Lipinski definition) is 1. The minimum absolute atomic E-state index is 0.136. The molecule has 2 rings (SSSR count). The largest absolute Gasteiger partial charge is 0.305 e. The highest BCUT2D eigenvalue weighted by Crippen LogP contribution is 2.33. The Hall–Kier alpha value is -1.63. The van der Waals surface area contributed by atoms with Crippen molar-refractivity contribution >= 4 is 11.3 Å². The Labute approximate surface area is 125 Å². The van der Waals surface area contributed by atoms with Crippen molar-refractivity contribution in [2.45, 2.75) is 33.4 Å². The monoisotopic (exact) mass is 284 g/mol. The van der Waals surface area contributed by atoms with Gasteiger partial charge in [-0.05, 0) is 23.1 Å². The van der Waals surface area contributed by atoms with Gasteiger partial charge in [0.05, 0.1) is 0 Å². The predicted molar refractivity (Wildman–Crippen MR) is 84.5 cm³/mol. The average molecular weight is 284 g/mol. The van der Waals surface area contributed by atoms with Crippen molar-refractivity contribution in [3.8, 4) is 6.07 Å². The average Bonchev–Trinajstić information content (AvgIpc) is 2.87. The quantitative estimate of drug-likeness (QED) is 0.897. The Bertz CT molecular complexity index is 587. The van der Waals surface area contributed by atoms with Crippen LogP contribution < -0.4 is 5.32 Å². The number of benzene rings is 1. The number of nitrogens with one attached hydrogen (secondary N) is 1. The molecule has 20 heavy (non-hydrogen) atoms. The zero-order valence-corrected chi connectivity index (χ0v) is 13.0. The summed E-state index contributed by atoms with van der Waals surface area (Å²) in [6.45, 7) is 7.52. The van der Waals surface area contributed by atoms with E-state index in [1.54, 1.807) is 11.3 Å². The summed E-state index contributed by atoms with van der Waals surface area (Å²) in [4.78, 5) is 1.97. The van der Waals surface area contributed by atoms with Crippen molar-refractivity contribution in [1.82, 2.24) is 5.32 Å². The summed E-state index contributed by atoms with van der Waals surface area (Å²) in [5.41, 5.74) is 1.44. The number of thiophene rings is 1. The number of nitrogens with zero attached hydrogens (tertiary/aromatic N) is 1. The summed E-state index contributed by atoms with van der Waals surface area (Å²) >= 11 is 1.56. The highest BCUT2D eigenvalue weighted by Gasteiger charge is 2.25. The minimum Gasteiger partial charge on any atom is -0.305 e. The Morgan fingerprint density at radius 3 is 2.40 bits per heavy atom. The summed E-state index contributed by atoms with van der Waals surface area (Å²) in [6.07, 6.45) is 0. The molecule has 0 spiro atoms. The van der Waals surface area contributed by atoms with E-state index in [4.69, 9.17) is 5.26 Å². The highest BCUT2D eigenvalue weighted by molar-refractivity contribution is 7.12. The summed E-state index contributed by atoms with van der Waals surface area (Å²) in [5, 5.41) is 12.5. The van der Waals surface area contributed by atoms with Crippen molar-refractivity contribution in [2.24, 2.45) is 5.41 Å². The molecule has 0 aliphatic heterocycles. The molecule has 1 heterocycles. The second-order valence-electron chi connectivity index (χ2n) is 5.97. The number of hydrogen-bond acceptors (Lipinski definition) is 3. The van der Waals surface area contributed by atoms with Crippen LogP contribution in [0.25, 0.3) is 0 Å². The molecule has 1 aromatic carbocycles. The molecule has 0 fully saturated rings. The molecule has 0 bridgehead atoms. The van der Waals surface area contributed by atoms with Crippen LogP contribution in [0.3, 0.4) is 0 Å². The van der Waals surface area contributed by atoms with Gasteiger partial charge in [0, 0.05) is 17.5 Å². The topological polar surface area (TPSA) is 35.8 Å². The van der Waals surface area contributed by atoms with E-state index in [0.29, 0.717) is 0 Å². The molecule has 0 aliphatic rings. The predicted octanol–water partition coefficient (Wildman–Crippen LogP) is 4.50. The van der Waals surface area contributed by atoms with Gasteiger partial charge in [0.15, 0.2) is 0 Å². The first-order valence-electron chi connectivity index (χ1n) is 6.78. The zero-order chi connectivity index (χ0) is 14.6. The van der Waals surface area contributed by atoms with Crippen molar-refractivity contribution in [3.05, 3.63) is 57.8 Å². The lowest BCUT2D eigenvalue weighted by atomic mass is 9.82. The normalized spacial score (nSPS) is 12.9. The molecule has 1 N–H and O–H groups in total. The van der Waals surface area contributed by atoms with Gasteiger partial charge in [0.25, 0.3) is 0 Å². The fraction of sp³-hybridized carbons (Fsp3) is 0.353. The van der Waals surface area contributed by atoms with Gasteiger partial charge in [-0.25, -0.2) is 0 Å². The fourth-order valence-corrected chi connectivity index (χ4v) is 3.06. The van der Waals surface area contributed by atoms with Gasteiger partial charge in [-0.1, -0.05) is 51.1 Å². The van der Waals surface area contributed by atoms with Crippen LogP contribution >= 0.6 is 11.3 Å². The second kappa shape index (κ2) is 6.21. The Kier molecular flexibility index (Phi) is 4.59. The van der Waals surface area contributed by atoms with Crippen LogP contribution in [0.1, 0.15) is 42.1 Å². The molecule has 0 radical (unpaired) electrons. The fourth-order valence-electron chi connectivity index (χ4n) is 2.31. The molecule has 2 nitrogen and oxygen atoms in total. The van der Waals surface area contributed by atoms with Gasteiger partial charge < -0.3 is 5.32 Å². The van der Waals surface area contributed by atoms with Gasteiger partial charge in [-0.3, -0.25) is 0 Å². The Balaban J connectivity index is 2.12. The van der Waals surface area contributed by atoms with Crippen LogP contribution in [0, 0.1) is 16.7 Å². The summed E-state index contributed by atoms with van der Waals surface area (Å²) in [7, 11) is 0. The molecule has 1 unspecified atom stereocenters. The van der Waals surface area contributed by atoms with Crippen LogP contribution in [0.15, 0.2) is 42.5 Å². The second-order valence-corrected chi connectivity index (χ2v) is 7.14. The minimum atomic E-state index is 0.136. The molecule has 0 amide bonds. The van der Waals surface area contributed by atoms with E-state index in [0.717, 1.165) is 11.4 Å². The van der Waals surface area contributed by atoms with E-state index in [-0.39, 0.29) is 11.5 Å². The third-order valence-corrected chi connectivity index (χ3v) is 4.24. The van der Waals surface area contributed by atoms with E-state index in [1.165, 1.54) is 10.4 Å². The molecule has 3 heteroatoms. The first kappa shape index (κ1) is 14.8. The van der Waals surface area contributed by atoms with Crippen molar-refractivity contribution in [1.29, 1.82) is 5.26 Å². The molecular formula is C17H20N2S. The van der Waals surface area contributed by atoms with E-state index in [9.17, 15) is 0 Å². The Morgan fingerprint density at radius 2 is 1.85 bits per heavy atom. The SMILES string of the molecule is CC(C)(C)C(NCc1ccc(C#N)s1)c1ccccc1. The molecule has 2 aromatic rings. The zero-order valence-electron chi connectivity index (χ0n) is 12.2. The summed E-state index contributed by atoms with van der Waals surface area (Å²) < 4.78 is 0. The van der Waals surface area contributed by atoms with Gasteiger partial charge >= 0.3 is 0 Å². The molecule has 0 aliphatic carbocycles. The lowest BCUT2D eigenvalue weighted by Gasteiger charge is -2.32. The van der Waals surface area contributed by atoms with E-state index < -0.39 is 0 Å². The maximum absolute atomic E-state index is 8.88.